The summed E-state index contributed by atoms with van der Waals surface area (Å²) in [5.74, 6) is 0.226. The van der Waals surface area contributed by atoms with E-state index in [-0.39, 0.29) is 11.3 Å². The fourth-order valence-corrected chi connectivity index (χ4v) is 3.18. The molecular formula is C17H21N3O. The molecule has 1 aromatic heterocycles. The van der Waals surface area contributed by atoms with Crippen molar-refractivity contribution < 1.29 is 4.79 Å². The summed E-state index contributed by atoms with van der Waals surface area (Å²) in [4.78, 5) is 14.8. The molecule has 2 aromatic rings. The average Bonchev–Trinajstić information content (AvgIpc) is 2.84. The number of benzene rings is 1. The van der Waals surface area contributed by atoms with Crippen molar-refractivity contribution in [3.63, 3.8) is 0 Å². The van der Waals surface area contributed by atoms with Crippen molar-refractivity contribution in [1.29, 1.82) is 0 Å². The molecule has 0 saturated heterocycles. The van der Waals surface area contributed by atoms with Crippen LogP contribution in [0.5, 0.6) is 0 Å². The molecule has 1 aliphatic rings. The molecule has 0 unspecified atom stereocenters. The number of rotatable bonds is 4. The normalized spacial score (nSPS) is 16.3. The third kappa shape index (κ3) is 2.46. The average molecular weight is 283 g/mol. The highest BCUT2D eigenvalue weighted by Gasteiger charge is 2.46. The van der Waals surface area contributed by atoms with Crippen molar-refractivity contribution in [2.24, 2.45) is 7.05 Å². The molecule has 21 heavy (non-hydrogen) atoms. The molecule has 0 spiro atoms. The minimum atomic E-state index is -0.307. The van der Waals surface area contributed by atoms with Crippen molar-refractivity contribution in [3.8, 4) is 0 Å². The SMILES string of the molecule is CN(Cc1cnn(C)c1)C(=O)C1(c2ccccc2)CCC1. The van der Waals surface area contributed by atoms with E-state index in [0.717, 1.165) is 30.4 Å². The first kappa shape index (κ1) is 13.9. The number of nitrogens with zero attached hydrogens (tertiary/aromatic N) is 3. The largest absolute Gasteiger partial charge is 0.341 e. The Bertz CT molecular complexity index is 628. The van der Waals surface area contributed by atoms with E-state index in [1.165, 1.54) is 0 Å². The van der Waals surface area contributed by atoms with Crippen LogP contribution >= 0.6 is 0 Å². The van der Waals surface area contributed by atoms with Gasteiger partial charge >= 0.3 is 0 Å². The van der Waals surface area contributed by atoms with Gasteiger partial charge in [-0.15, -0.1) is 0 Å². The first-order valence-electron chi connectivity index (χ1n) is 7.40. The Morgan fingerprint density at radius 2 is 2.05 bits per heavy atom. The third-order valence-corrected chi connectivity index (χ3v) is 4.47. The van der Waals surface area contributed by atoms with E-state index in [1.807, 2.05) is 49.6 Å². The molecule has 0 N–H and O–H groups in total. The van der Waals surface area contributed by atoms with E-state index in [2.05, 4.69) is 17.2 Å². The topological polar surface area (TPSA) is 38.1 Å². The van der Waals surface area contributed by atoms with Crippen LogP contribution in [0.15, 0.2) is 42.7 Å². The number of hydrogen-bond acceptors (Lipinski definition) is 2. The zero-order chi connectivity index (χ0) is 14.9. The summed E-state index contributed by atoms with van der Waals surface area (Å²) in [6.45, 7) is 0.612. The first-order chi connectivity index (χ1) is 10.1. The Labute approximate surface area is 125 Å². The zero-order valence-electron chi connectivity index (χ0n) is 12.6. The molecule has 0 bridgehead atoms. The minimum absolute atomic E-state index is 0.226. The molecule has 3 rings (SSSR count). The highest BCUT2D eigenvalue weighted by atomic mass is 16.2. The van der Waals surface area contributed by atoms with Crippen LogP contribution in [0.3, 0.4) is 0 Å². The van der Waals surface area contributed by atoms with Gasteiger partial charge in [-0.25, -0.2) is 0 Å². The van der Waals surface area contributed by atoms with E-state index >= 15 is 0 Å². The summed E-state index contributed by atoms with van der Waals surface area (Å²) in [5, 5.41) is 4.16. The van der Waals surface area contributed by atoms with Gasteiger partial charge in [0.05, 0.1) is 11.6 Å². The van der Waals surface area contributed by atoms with Crippen LogP contribution in [0, 0.1) is 0 Å². The second-order valence-electron chi connectivity index (χ2n) is 5.99. The van der Waals surface area contributed by atoms with Crippen LogP contribution in [-0.2, 0) is 23.8 Å². The summed E-state index contributed by atoms with van der Waals surface area (Å²) in [6, 6.07) is 10.2. The summed E-state index contributed by atoms with van der Waals surface area (Å²) in [7, 11) is 3.78. The number of carbonyl (C=O) groups excluding carboxylic acids is 1. The Morgan fingerprint density at radius 3 is 2.57 bits per heavy atom. The van der Waals surface area contributed by atoms with Crippen LogP contribution in [-0.4, -0.2) is 27.6 Å². The predicted octanol–water partition coefficient (Wildman–Crippen LogP) is 2.50. The van der Waals surface area contributed by atoms with Gasteiger partial charge in [0.2, 0.25) is 5.91 Å². The lowest BCUT2D eigenvalue weighted by Crippen LogP contribution is -2.49. The number of aryl methyl sites for hydroxylation is 1. The van der Waals surface area contributed by atoms with Crippen molar-refractivity contribution >= 4 is 5.91 Å². The van der Waals surface area contributed by atoms with Crippen molar-refractivity contribution in [1.82, 2.24) is 14.7 Å². The Balaban J connectivity index is 1.79. The predicted molar refractivity (Wildman–Crippen MR) is 81.7 cm³/mol. The second kappa shape index (κ2) is 5.35. The molecule has 0 atom stereocenters. The lowest BCUT2D eigenvalue weighted by molar-refractivity contribution is -0.140. The van der Waals surface area contributed by atoms with Gasteiger partial charge in [0.25, 0.3) is 0 Å². The Hall–Kier alpha value is -2.10. The van der Waals surface area contributed by atoms with E-state index in [4.69, 9.17) is 0 Å². The van der Waals surface area contributed by atoms with Gasteiger partial charge in [0.1, 0.15) is 0 Å². The van der Waals surface area contributed by atoms with Gasteiger partial charge in [0, 0.05) is 32.4 Å². The van der Waals surface area contributed by atoms with Gasteiger partial charge in [-0.1, -0.05) is 36.8 Å². The summed E-state index contributed by atoms with van der Waals surface area (Å²) < 4.78 is 1.77. The first-order valence-corrected chi connectivity index (χ1v) is 7.40. The maximum Gasteiger partial charge on any atom is 0.233 e. The van der Waals surface area contributed by atoms with Crippen LogP contribution in [0.4, 0.5) is 0 Å². The smallest absolute Gasteiger partial charge is 0.233 e. The van der Waals surface area contributed by atoms with Crippen molar-refractivity contribution in [2.75, 3.05) is 7.05 Å². The molecular weight excluding hydrogens is 262 g/mol. The van der Waals surface area contributed by atoms with Gasteiger partial charge < -0.3 is 4.90 Å². The molecule has 1 aliphatic carbocycles. The second-order valence-corrected chi connectivity index (χ2v) is 5.99. The lowest BCUT2D eigenvalue weighted by atomic mass is 9.63. The summed E-state index contributed by atoms with van der Waals surface area (Å²) in [6.07, 6.45) is 6.81. The highest BCUT2D eigenvalue weighted by molar-refractivity contribution is 5.89. The van der Waals surface area contributed by atoms with Gasteiger partial charge in [-0.05, 0) is 18.4 Å². The lowest BCUT2D eigenvalue weighted by Gasteiger charge is -2.43. The molecule has 1 aromatic carbocycles. The van der Waals surface area contributed by atoms with E-state index in [1.54, 1.807) is 4.68 Å². The summed E-state index contributed by atoms with van der Waals surface area (Å²) in [5.41, 5.74) is 1.91. The standard InChI is InChI=1S/C17H21N3O/c1-19(12-14-11-18-20(2)13-14)16(21)17(9-6-10-17)15-7-4-3-5-8-15/h3-5,7-8,11,13H,6,9-10,12H2,1-2H3. The quantitative estimate of drug-likeness (QED) is 0.864. The molecule has 110 valence electrons. The molecule has 1 saturated carbocycles. The maximum atomic E-state index is 13.0. The molecule has 0 aliphatic heterocycles. The summed E-state index contributed by atoms with van der Waals surface area (Å²) >= 11 is 0. The molecule has 1 amide bonds. The van der Waals surface area contributed by atoms with Crippen LogP contribution < -0.4 is 0 Å². The molecule has 4 nitrogen and oxygen atoms in total. The van der Waals surface area contributed by atoms with Gasteiger partial charge in [-0.2, -0.15) is 5.10 Å². The molecule has 1 heterocycles. The van der Waals surface area contributed by atoms with E-state index in [0.29, 0.717) is 6.54 Å². The van der Waals surface area contributed by atoms with Gasteiger partial charge in [-0.3, -0.25) is 9.48 Å². The zero-order valence-corrected chi connectivity index (χ0v) is 12.6. The number of hydrogen-bond donors (Lipinski definition) is 0. The van der Waals surface area contributed by atoms with Crippen molar-refractivity contribution in [3.05, 3.63) is 53.9 Å². The number of likely N-dealkylation sites (N-methyl/N-ethyl adjacent to an activating group) is 1. The molecule has 4 heteroatoms. The van der Waals surface area contributed by atoms with Crippen LogP contribution in [0.1, 0.15) is 30.4 Å². The Morgan fingerprint density at radius 1 is 1.33 bits per heavy atom. The maximum absolute atomic E-state index is 13.0. The number of aromatic nitrogens is 2. The van der Waals surface area contributed by atoms with Crippen molar-refractivity contribution in [2.45, 2.75) is 31.2 Å². The fraction of sp³-hybridized carbons (Fsp3) is 0.412. The Kier molecular flexibility index (Phi) is 3.53. The minimum Gasteiger partial charge on any atom is -0.341 e. The van der Waals surface area contributed by atoms with Gasteiger partial charge in [0.15, 0.2) is 0 Å². The van der Waals surface area contributed by atoms with E-state index in [9.17, 15) is 4.79 Å². The number of carbonyl (C=O) groups is 1. The monoisotopic (exact) mass is 283 g/mol. The van der Waals surface area contributed by atoms with Crippen LogP contribution in [0.25, 0.3) is 0 Å². The number of amides is 1. The van der Waals surface area contributed by atoms with E-state index < -0.39 is 0 Å². The van der Waals surface area contributed by atoms with Crippen LogP contribution in [0.2, 0.25) is 0 Å². The molecule has 0 radical (unpaired) electrons. The fourth-order valence-electron chi connectivity index (χ4n) is 3.18. The highest BCUT2D eigenvalue weighted by Crippen LogP contribution is 2.45. The molecule has 1 fully saturated rings. The third-order valence-electron chi connectivity index (χ3n) is 4.47.